The number of nitrogens with one attached hydrogen (secondary N) is 1. The molecule has 2 rings (SSSR count). The number of amides is 1. The molecule has 98 valence electrons. The van der Waals surface area contributed by atoms with E-state index >= 15 is 0 Å². The fourth-order valence-corrected chi connectivity index (χ4v) is 2.47. The van der Waals surface area contributed by atoms with Gasteiger partial charge in [0.15, 0.2) is 0 Å². The molecular formula is C14H21N3O. The van der Waals surface area contributed by atoms with Crippen LogP contribution in [0.4, 0.5) is 5.82 Å². The quantitative estimate of drug-likeness (QED) is 0.788. The smallest absolute Gasteiger partial charge is 0.270 e. The third kappa shape index (κ3) is 3.45. The van der Waals surface area contributed by atoms with Crippen molar-refractivity contribution in [2.45, 2.75) is 45.1 Å². The van der Waals surface area contributed by atoms with Crippen molar-refractivity contribution in [2.24, 2.45) is 5.92 Å². The van der Waals surface area contributed by atoms with Crippen molar-refractivity contribution in [3.63, 3.8) is 0 Å². The molecule has 1 aromatic heterocycles. The molecule has 0 aromatic carbocycles. The van der Waals surface area contributed by atoms with Gasteiger partial charge in [-0.3, -0.25) is 4.79 Å². The number of aromatic nitrogens is 1. The lowest BCUT2D eigenvalue weighted by molar-refractivity contribution is 0.0928. The van der Waals surface area contributed by atoms with E-state index in [1.165, 1.54) is 19.3 Å². The summed E-state index contributed by atoms with van der Waals surface area (Å²) in [5, 5.41) is 3.07. The lowest BCUT2D eigenvalue weighted by Crippen LogP contribution is -2.35. The summed E-state index contributed by atoms with van der Waals surface area (Å²) in [7, 11) is 0. The molecule has 0 radical (unpaired) electrons. The number of rotatable bonds is 2. The largest absolute Gasteiger partial charge is 0.384 e. The Kier molecular flexibility index (Phi) is 4.18. The Labute approximate surface area is 108 Å². The minimum atomic E-state index is -0.109. The van der Waals surface area contributed by atoms with Crippen LogP contribution in [0.25, 0.3) is 0 Å². The van der Waals surface area contributed by atoms with Crippen LogP contribution in [0.3, 0.4) is 0 Å². The molecular weight excluding hydrogens is 226 g/mol. The predicted molar refractivity (Wildman–Crippen MR) is 72.2 cm³/mol. The Morgan fingerprint density at radius 1 is 1.33 bits per heavy atom. The Balaban J connectivity index is 1.94. The van der Waals surface area contributed by atoms with Crippen molar-refractivity contribution < 1.29 is 4.79 Å². The Morgan fingerprint density at radius 3 is 2.94 bits per heavy atom. The molecule has 1 fully saturated rings. The molecule has 4 nitrogen and oxygen atoms in total. The summed E-state index contributed by atoms with van der Waals surface area (Å²) < 4.78 is 0. The lowest BCUT2D eigenvalue weighted by atomic mass is 10.0. The van der Waals surface area contributed by atoms with Crippen molar-refractivity contribution in [3.05, 3.63) is 23.9 Å². The molecule has 0 aliphatic heterocycles. The zero-order chi connectivity index (χ0) is 13.0. The van der Waals surface area contributed by atoms with Gasteiger partial charge in [0.2, 0.25) is 0 Å². The van der Waals surface area contributed by atoms with Crippen LogP contribution in [0.2, 0.25) is 0 Å². The predicted octanol–water partition coefficient (Wildman–Crippen LogP) is 2.36. The molecule has 0 bridgehead atoms. The summed E-state index contributed by atoms with van der Waals surface area (Å²) in [5.74, 6) is 1.05. The van der Waals surface area contributed by atoms with Crippen LogP contribution in [-0.2, 0) is 0 Å². The molecule has 4 heteroatoms. The number of nitrogens with two attached hydrogens (primary N) is 1. The zero-order valence-electron chi connectivity index (χ0n) is 10.9. The van der Waals surface area contributed by atoms with E-state index in [-0.39, 0.29) is 11.9 Å². The molecule has 1 amide bonds. The van der Waals surface area contributed by atoms with Crippen LogP contribution in [-0.4, -0.2) is 16.9 Å². The second-order valence-electron chi connectivity index (χ2n) is 5.23. The van der Waals surface area contributed by atoms with Crippen LogP contribution in [0, 0.1) is 5.92 Å². The van der Waals surface area contributed by atoms with E-state index in [0.717, 1.165) is 18.8 Å². The van der Waals surface area contributed by atoms with Crippen molar-refractivity contribution >= 4 is 11.7 Å². The fraction of sp³-hybridized carbons (Fsp3) is 0.571. The van der Waals surface area contributed by atoms with Crippen molar-refractivity contribution in [1.82, 2.24) is 10.3 Å². The van der Waals surface area contributed by atoms with Crippen LogP contribution in [0.5, 0.6) is 0 Å². The maximum absolute atomic E-state index is 12.0. The third-order valence-corrected chi connectivity index (χ3v) is 3.60. The van der Waals surface area contributed by atoms with Gasteiger partial charge in [-0.2, -0.15) is 0 Å². The van der Waals surface area contributed by atoms with E-state index < -0.39 is 0 Å². The summed E-state index contributed by atoms with van der Waals surface area (Å²) in [6, 6.07) is 5.42. The van der Waals surface area contributed by atoms with Crippen LogP contribution in [0.15, 0.2) is 18.2 Å². The summed E-state index contributed by atoms with van der Waals surface area (Å²) in [6.45, 7) is 2.28. The summed E-state index contributed by atoms with van der Waals surface area (Å²) in [4.78, 5) is 16.1. The number of nitrogen functional groups attached to an aromatic ring is 1. The molecule has 0 saturated heterocycles. The van der Waals surface area contributed by atoms with Gasteiger partial charge < -0.3 is 11.1 Å². The van der Waals surface area contributed by atoms with Gasteiger partial charge in [-0.15, -0.1) is 0 Å². The van der Waals surface area contributed by atoms with Crippen molar-refractivity contribution in [1.29, 1.82) is 0 Å². The first kappa shape index (κ1) is 12.9. The average molecular weight is 247 g/mol. The van der Waals surface area contributed by atoms with Gasteiger partial charge in [0, 0.05) is 6.04 Å². The van der Waals surface area contributed by atoms with Gasteiger partial charge in [0.1, 0.15) is 11.5 Å². The molecule has 1 heterocycles. The molecule has 3 N–H and O–H groups in total. The average Bonchev–Trinajstić information content (AvgIpc) is 2.54. The van der Waals surface area contributed by atoms with Gasteiger partial charge in [0.25, 0.3) is 5.91 Å². The van der Waals surface area contributed by atoms with E-state index in [4.69, 9.17) is 5.73 Å². The van der Waals surface area contributed by atoms with Gasteiger partial charge in [-0.25, -0.2) is 4.98 Å². The van der Waals surface area contributed by atoms with E-state index in [1.54, 1.807) is 18.2 Å². The van der Waals surface area contributed by atoms with Crippen LogP contribution >= 0.6 is 0 Å². The zero-order valence-corrected chi connectivity index (χ0v) is 10.9. The minimum absolute atomic E-state index is 0.109. The maximum atomic E-state index is 12.0. The standard InChI is InChI=1S/C14H21N3O/c1-10-4-2-5-11(9-8-10)16-14(18)12-6-3-7-13(15)17-12/h3,6-7,10-11H,2,4-5,8-9H2,1H3,(H2,15,17)(H,16,18). The number of hydrogen-bond donors (Lipinski definition) is 2. The topological polar surface area (TPSA) is 68.0 Å². The number of pyridine rings is 1. The number of carbonyl (C=O) groups excluding carboxylic acids is 1. The van der Waals surface area contributed by atoms with Gasteiger partial charge in [0.05, 0.1) is 0 Å². The second kappa shape index (κ2) is 5.85. The fourth-order valence-electron chi connectivity index (χ4n) is 2.47. The summed E-state index contributed by atoms with van der Waals surface area (Å²) in [5.41, 5.74) is 5.99. The number of hydrogen-bond acceptors (Lipinski definition) is 3. The molecule has 2 unspecified atom stereocenters. The summed E-state index contributed by atoms with van der Waals surface area (Å²) >= 11 is 0. The Morgan fingerprint density at radius 2 is 2.17 bits per heavy atom. The van der Waals surface area contributed by atoms with Crippen molar-refractivity contribution in [2.75, 3.05) is 5.73 Å². The molecule has 1 saturated carbocycles. The van der Waals surface area contributed by atoms with Crippen LogP contribution in [0.1, 0.15) is 49.5 Å². The van der Waals surface area contributed by atoms with E-state index in [9.17, 15) is 4.79 Å². The second-order valence-corrected chi connectivity index (χ2v) is 5.23. The number of carbonyl (C=O) groups is 1. The van der Waals surface area contributed by atoms with Crippen molar-refractivity contribution in [3.8, 4) is 0 Å². The van der Waals surface area contributed by atoms with Gasteiger partial charge in [-0.05, 0) is 37.3 Å². The Bertz CT molecular complexity index is 419. The molecule has 1 aliphatic rings. The maximum Gasteiger partial charge on any atom is 0.270 e. The SMILES string of the molecule is CC1CCCC(NC(=O)c2cccc(N)n2)CC1. The van der Waals surface area contributed by atoms with E-state index in [1.807, 2.05) is 0 Å². The molecule has 2 atom stereocenters. The third-order valence-electron chi connectivity index (χ3n) is 3.60. The molecule has 1 aromatic rings. The van der Waals surface area contributed by atoms with Gasteiger partial charge in [-0.1, -0.05) is 25.8 Å². The highest BCUT2D eigenvalue weighted by Gasteiger charge is 2.19. The molecule has 0 spiro atoms. The first-order valence-electron chi connectivity index (χ1n) is 6.68. The number of anilines is 1. The monoisotopic (exact) mass is 247 g/mol. The molecule has 18 heavy (non-hydrogen) atoms. The lowest BCUT2D eigenvalue weighted by Gasteiger charge is -2.16. The first-order valence-corrected chi connectivity index (χ1v) is 6.68. The highest BCUT2D eigenvalue weighted by molar-refractivity contribution is 5.92. The van der Waals surface area contributed by atoms with Gasteiger partial charge >= 0.3 is 0 Å². The number of nitrogens with zero attached hydrogens (tertiary/aromatic N) is 1. The van der Waals surface area contributed by atoms with E-state index in [2.05, 4.69) is 17.2 Å². The summed E-state index contributed by atoms with van der Waals surface area (Å²) in [6.07, 6.45) is 5.78. The Hall–Kier alpha value is -1.58. The highest BCUT2D eigenvalue weighted by Crippen LogP contribution is 2.22. The first-order chi connectivity index (χ1) is 8.65. The van der Waals surface area contributed by atoms with Crippen LogP contribution < -0.4 is 11.1 Å². The molecule has 1 aliphatic carbocycles. The highest BCUT2D eigenvalue weighted by atomic mass is 16.1. The normalized spacial score (nSPS) is 24.3. The van der Waals surface area contributed by atoms with E-state index in [0.29, 0.717) is 11.5 Å². The minimum Gasteiger partial charge on any atom is -0.384 e.